The Labute approximate surface area is 179 Å². The Morgan fingerprint density at radius 3 is 2.80 bits per heavy atom. The van der Waals surface area contributed by atoms with Gasteiger partial charge in [-0.15, -0.1) is 0 Å². The number of aromatic nitrogens is 1. The van der Waals surface area contributed by atoms with Gasteiger partial charge in [-0.3, -0.25) is 9.78 Å². The molecule has 1 atom stereocenters. The van der Waals surface area contributed by atoms with E-state index in [0.717, 1.165) is 53.9 Å². The number of amides is 1. The minimum Gasteiger partial charge on any atom is -0.359 e. The number of hydrogen-bond donors (Lipinski definition) is 2. The third-order valence-corrected chi connectivity index (χ3v) is 6.79. The van der Waals surface area contributed by atoms with Crippen molar-refractivity contribution in [3.8, 4) is 0 Å². The van der Waals surface area contributed by atoms with Crippen LogP contribution in [0.15, 0.2) is 36.5 Å². The lowest BCUT2D eigenvalue weighted by Gasteiger charge is -2.42. The molecule has 1 saturated heterocycles. The molecule has 1 aliphatic heterocycles. The van der Waals surface area contributed by atoms with Crippen molar-refractivity contribution in [2.75, 3.05) is 27.2 Å². The predicted octanol–water partition coefficient (Wildman–Crippen LogP) is 3.31. The summed E-state index contributed by atoms with van der Waals surface area (Å²) in [5.41, 5.74) is 13.4. The summed E-state index contributed by atoms with van der Waals surface area (Å²) >= 11 is 0. The van der Waals surface area contributed by atoms with Crippen LogP contribution in [0.2, 0.25) is 0 Å². The van der Waals surface area contributed by atoms with E-state index in [4.69, 9.17) is 10.7 Å². The molecular formula is C25H32N4O. The minimum absolute atomic E-state index is 0.0457. The van der Waals surface area contributed by atoms with Gasteiger partial charge in [0.15, 0.2) is 0 Å². The van der Waals surface area contributed by atoms with Gasteiger partial charge in [0.2, 0.25) is 5.91 Å². The molecule has 1 amide bonds. The molecule has 1 aliphatic carbocycles. The first-order chi connectivity index (χ1) is 14.4. The maximum absolute atomic E-state index is 12.0. The van der Waals surface area contributed by atoms with Gasteiger partial charge in [-0.2, -0.15) is 0 Å². The molecular weight excluding hydrogens is 372 g/mol. The van der Waals surface area contributed by atoms with E-state index in [1.165, 1.54) is 5.56 Å². The van der Waals surface area contributed by atoms with Gasteiger partial charge in [-0.25, -0.2) is 0 Å². The lowest BCUT2D eigenvalue weighted by molar-refractivity contribution is -0.120. The van der Waals surface area contributed by atoms with Gasteiger partial charge in [0.05, 0.1) is 11.2 Å². The summed E-state index contributed by atoms with van der Waals surface area (Å²) in [4.78, 5) is 19.2. The fourth-order valence-corrected chi connectivity index (χ4v) is 5.02. The van der Waals surface area contributed by atoms with Crippen molar-refractivity contribution in [1.29, 1.82) is 0 Å². The first-order valence-corrected chi connectivity index (χ1v) is 10.9. The number of allylic oxidation sites excluding steroid dienone is 1. The maximum atomic E-state index is 12.0. The summed E-state index contributed by atoms with van der Waals surface area (Å²) in [6.07, 6.45) is 7.28. The lowest BCUT2D eigenvalue weighted by Crippen LogP contribution is -2.50. The van der Waals surface area contributed by atoms with Crippen molar-refractivity contribution in [2.24, 2.45) is 11.7 Å². The van der Waals surface area contributed by atoms with Gasteiger partial charge in [-0.1, -0.05) is 35.9 Å². The van der Waals surface area contributed by atoms with Crippen LogP contribution in [-0.2, 0) is 10.3 Å². The number of nitrogens with zero attached hydrogens (tertiary/aromatic N) is 2. The largest absolute Gasteiger partial charge is 0.359 e. The summed E-state index contributed by atoms with van der Waals surface area (Å²) in [5.74, 6) is 0.361. The Hall–Kier alpha value is -2.50. The second-order valence-corrected chi connectivity index (χ2v) is 8.78. The molecule has 3 N–H and O–H groups in total. The highest BCUT2D eigenvalue weighted by Crippen LogP contribution is 2.46. The summed E-state index contributed by atoms with van der Waals surface area (Å²) < 4.78 is 0. The molecule has 0 saturated carbocycles. The Balaban J connectivity index is 1.88. The summed E-state index contributed by atoms with van der Waals surface area (Å²) in [5, 5.41) is 2.73. The number of piperidine rings is 1. The molecule has 0 spiro atoms. The van der Waals surface area contributed by atoms with E-state index in [-0.39, 0.29) is 5.91 Å². The van der Waals surface area contributed by atoms with Gasteiger partial charge < -0.3 is 16.0 Å². The number of hydrogen-bond acceptors (Lipinski definition) is 4. The second kappa shape index (κ2) is 8.32. The quantitative estimate of drug-likeness (QED) is 0.820. The van der Waals surface area contributed by atoms with Gasteiger partial charge in [-0.05, 0) is 75.0 Å². The molecule has 1 fully saturated rings. The van der Waals surface area contributed by atoms with E-state index < -0.39 is 5.54 Å². The standard InChI is InChI=1S/C25H32N4O/c1-17-6-8-22-19(15-17)16-18(7-9-23(30)27-2)21-5-4-12-28-24(21)25(22,26)20-10-13-29(3)14-11-20/h4-6,8,12,15-16,20H,7,9-11,13-14,26H2,1-3H3,(H,27,30). The summed E-state index contributed by atoms with van der Waals surface area (Å²) in [7, 11) is 3.86. The van der Waals surface area contributed by atoms with Crippen LogP contribution in [-0.4, -0.2) is 43.0 Å². The van der Waals surface area contributed by atoms with Crippen molar-refractivity contribution in [3.05, 3.63) is 64.5 Å². The molecule has 2 aromatic rings. The highest BCUT2D eigenvalue weighted by atomic mass is 16.1. The Morgan fingerprint density at radius 2 is 2.07 bits per heavy atom. The number of carbonyl (C=O) groups is 1. The second-order valence-electron chi connectivity index (χ2n) is 8.78. The molecule has 158 valence electrons. The van der Waals surface area contributed by atoms with E-state index in [0.29, 0.717) is 18.8 Å². The Kier molecular flexibility index (Phi) is 5.76. The zero-order valence-electron chi connectivity index (χ0n) is 18.2. The first-order valence-electron chi connectivity index (χ1n) is 10.9. The van der Waals surface area contributed by atoms with E-state index in [1.807, 2.05) is 12.3 Å². The number of nitrogens with two attached hydrogens (primary N) is 1. The molecule has 2 heterocycles. The van der Waals surface area contributed by atoms with Crippen LogP contribution < -0.4 is 11.1 Å². The van der Waals surface area contributed by atoms with Crippen LogP contribution in [0.4, 0.5) is 0 Å². The SMILES string of the molecule is CNC(=O)CCC1=Cc2cc(C)ccc2C(N)(C2CCN(C)CC2)c2ncccc21. The van der Waals surface area contributed by atoms with Crippen molar-refractivity contribution < 1.29 is 4.79 Å². The van der Waals surface area contributed by atoms with E-state index >= 15 is 0 Å². The third kappa shape index (κ3) is 3.68. The van der Waals surface area contributed by atoms with E-state index in [9.17, 15) is 4.79 Å². The Bertz CT molecular complexity index is 975. The Morgan fingerprint density at radius 1 is 1.30 bits per heavy atom. The number of fused-ring (bicyclic) bond motifs is 2. The highest BCUT2D eigenvalue weighted by Gasteiger charge is 2.44. The normalized spacial score (nSPS) is 21.9. The van der Waals surface area contributed by atoms with Crippen LogP contribution in [0.25, 0.3) is 11.6 Å². The number of benzene rings is 1. The fourth-order valence-electron chi connectivity index (χ4n) is 5.02. The molecule has 5 nitrogen and oxygen atoms in total. The zero-order valence-corrected chi connectivity index (χ0v) is 18.2. The number of pyridine rings is 1. The molecule has 4 rings (SSSR count). The monoisotopic (exact) mass is 404 g/mol. The van der Waals surface area contributed by atoms with Crippen LogP contribution in [0.5, 0.6) is 0 Å². The predicted molar refractivity (Wildman–Crippen MR) is 122 cm³/mol. The average molecular weight is 405 g/mol. The van der Waals surface area contributed by atoms with E-state index in [1.54, 1.807) is 7.05 Å². The third-order valence-electron chi connectivity index (χ3n) is 6.79. The number of aryl methyl sites for hydroxylation is 1. The summed E-state index contributed by atoms with van der Waals surface area (Å²) in [6, 6.07) is 10.7. The zero-order chi connectivity index (χ0) is 21.3. The van der Waals surface area contributed by atoms with E-state index in [2.05, 4.69) is 54.5 Å². The number of carbonyl (C=O) groups excluding carboxylic acids is 1. The number of nitrogens with one attached hydrogen (secondary N) is 1. The highest BCUT2D eigenvalue weighted by molar-refractivity contribution is 5.88. The average Bonchev–Trinajstić information content (AvgIpc) is 2.86. The van der Waals surface area contributed by atoms with Crippen molar-refractivity contribution in [3.63, 3.8) is 0 Å². The van der Waals surface area contributed by atoms with Crippen molar-refractivity contribution >= 4 is 17.6 Å². The molecule has 1 unspecified atom stereocenters. The molecule has 0 bridgehead atoms. The fraction of sp³-hybridized carbons (Fsp3) is 0.440. The maximum Gasteiger partial charge on any atom is 0.220 e. The topological polar surface area (TPSA) is 71.2 Å². The first kappa shape index (κ1) is 20.8. The van der Waals surface area contributed by atoms with Crippen molar-refractivity contribution in [2.45, 2.75) is 38.1 Å². The van der Waals surface area contributed by atoms with Gasteiger partial charge in [0, 0.05) is 25.2 Å². The van der Waals surface area contributed by atoms with Gasteiger partial charge in [0.1, 0.15) is 0 Å². The molecule has 2 aliphatic rings. The number of likely N-dealkylation sites (tertiary alicyclic amines) is 1. The molecule has 30 heavy (non-hydrogen) atoms. The van der Waals surface area contributed by atoms with Crippen LogP contribution in [0.3, 0.4) is 0 Å². The van der Waals surface area contributed by atoms with Crippen molar-refractivity contribution in [1.82, 2.24) is 15.2 Å². The molecule has 0 radical (unpaired) electrons. The summed E-state index contributed by atoms with van der Waals surface area (Å²) in [6.45, 7) is 4.20. The lowest BCUT2D eigenvalue weighted by atomic mass is 9.70. The smallest absolute Gasteiger partial charge is 0.220 e. The van der Waals surface area contributed by atoms with Crippen LogP contribution in [0, 0.1) is 12.8 Å². The minimum atomic E-state index is -0.647. The van der Waals surface area contributed by atoms with Gasteiger partial charge in [0.25, 0.3) is 0 Å². The molecule has 1 aromatic heterocycles. The number of rotatable bonds is 4. The van der Waals surface area contributed by atoms with Crippen LogP contribution in [0.1, 0.15) is 53.6 Å². The molecule has 1 aromatic carbocycles. The van der Waals surface area contributed by atoms with Crippen LogP contribution >= 0.6 is 0 Å². The molecule has 5 heteroatoms. The van der Waals surface area contributed by atoms with Gasteiger partial charge >= 0.3 is 0 Å².